The van der Waals surface area contributed by atoms with Gasteiger partial charge >= 0.3 is 0 Å². The molecule has 0 saturated heterocycles. The topological polar surface area (TPSA) is 60.2 Å². The fourth-order valence-electron chi connectivity index (χ4n) is 1.43. The van der Waals surface area contributed by atoms with Gasteiger partial charge in [-0.15, -0.1) is 0 Å². The first kappa shape index (κ1) is 12.1. The van der Waals surface area contributed by atoms with Gasteiger partial charge in [-0.1, -0.05) is 13.8 Å². The number of hydrogen-bond acceptors (Lipinski definition) is 4. The number of methoxy groups -OCH3 is 1. The second kappa shape index (κ2) is 5.82. The number of hydrogen-bond donors (Lipinski definition) is 1. The predicted octanol–water partition coefficient (Wildman–Crippen LogP) is 0.410. The van der Waals surface area contributed by atoms with Crippen molar-refractivity contribution >= 4 is 0 Å². The predicted molar refractivity (Wildman–Crippen MR) is 56.7 cm³/mol. The Bertz CT molecular complexity index is 299. The molecule has 0 radical (unpaired) electrons. The van der Waals surface area contributed by atoms with E-state index in [1.807, 2.05) is 13.8 Å². The van der Waals surface area contributed by atoms with Gasteiger partial charge in [0.1, 0.15) is 5.82 Å². The highest BCUT2D eigenvalue weighted by Crippen LogP contribution is 2.02. The summed E-state index contributed by atoms with van der Waals surface area (Å²) in [6.45, 7) is 4.82. The SMILES string of the molecule is CCc1nc(CC)n(CC(O)COC)n1. The zero-order valence-electron chi connectivity index (χ0n) is 9.60. The molecule has 1 N–H and O–H groups in total. The van der Waals surface area contributed by atoms with E-state index in [-0.39, 0.29) is 0 Å². The van der Waals surface area contributed by atoms with Crippen molar-refractivity contribution in [3.05, 3.63) is 11.6 Å². The molecule has 0 amide bonds. The average molecular weight is 213 g/mol. The minimum absolute atomic E-state index is 0.324. The highest BCUT2D eigenvalue weighted by atomic mass is 16.5. The Labute approximate surface area is 90.1 Å². The van der Waals surface area contributed by atoms with E-state index < -0.39 is 6.10 Å². The molecule has 1 aromatic rings. The van der Waals surface area contributed by atoms with Crippen molar-refractivity contribution in [3.63, 3.8) is 0 Å². The zero-order chi connectivity index (χ0) is 11.3. The third-order valence-corrected chi connectivity index (χ3v) is 2.17. The van der Waals surface area contributed by atoms with Crippen molar-refractivity contribution in [1.82, 2.24) is 14.8 Å². The van der Waals surface area contributed by atoms with Gasteiger partial charge in [-0.25, -0.2) is 9.67 Å². The highest BCUT2D eigenvalue weighted by Gasteiger charge is 2.11. The standard InChI is InChI=1S/C10H19N3O2/c1-4-9-11-10(5-2)13(12-9)6-8(14)7-15-3/h8,14H,4-7H2,1-3H3. The van der Waals surface area contributed by atoms with Crippen LogP contribution < -0.4 is 0 Å². The van der Waals surface area contributed by atoms with Crippen LogP contribution in [-0.4, -0.2) is 39.7 Å². The van der Waals surface area contributed by atoms with Gasteiger partial charge in [-0.3, -0.25) is 0 Å². The normalized spacial score (nSPS) is 13.1. The van der Waals surface area contributed by atoms with Crippen LogP contribution in [0, 0.1) is 0 Å². The summed E-state index contributed by atoms with van der Waals surface area (Å²) in [4.78, 5) is 4.36. The van der Waals surface area contributed by atoms with Crippen LogP contribution in [0.1, 0.15) is 25.5 Å². The summed E-state index contributed by atoms with van der Waals surface area (Å²) in [5.74, 6) is 1.75. The van der Waals surface area contributed by atoms with E-state index in [0.29, 0.717) is 13.2 Å². The fraction of sp³-hybridized carbons (Fsp3) is 0.800. The maximum Gasteiger partial charge on any atom is 0.150 e. The van der Waals surface area contributed by atoms with E-state index in [9.17, 15) is 5.11 Å². The Morgan fingerprint density at radius 3 is 2.67 bits per heavy atom. The van der Waals surface area contributed by atoms with Crippen molar-refractivity contribution in [2.24, 2.45) is 0 Å². The summed E-state index contributed by atoms with van der Waals surface area (Å²) in [5, 5.41) is 13.9. The van der Waals surface area contributed by atoms with Crippen LogP contribution in [0.4, 0.5) is 0 Å². The smallest absolute Gasteiger partial charge is 0.150 e. The van der Waals surface area contributed by atoms with Gasteiger partial charge in [0, 0.05) is 20.0 Å². The summed E-state index contributed by atoms with van der Waals surface area (Å²) in [7, 11) is 1.57. The van der Waals surface area contributed by atoms with Crippen molar-refractivity contribution < 1.29 is 9.84 Å². The number of aliphatic hydroxyl groups excluding tert-OH is 1. The monoisotopic (exact) mass is 213 g/mol. The summed E-state index contributed by atoms with van der Waals surface area (Å²) >= 11 is 0. The number of aryl methyl sites for hydroxylation is 2. The molecule has 0 aliphatic rings. The fourth-order valence-corrected chi connectivity index (χ4v) is 1.43. The second-order valence-corrected chi connectivity index (χ2v) is 3.44. The van der Waals surface area contributed by atoms with E-state index in [1.165, 1.54) is 0 Å². The Kier molecular flexibility index (Phi) is 4.71. The molecular weight excluding hydrogens is 194 g/mol. The number of aliphatic hydroxyl groups is 1. The second-order valence-electron chi connectivity index (χ2n) is 3.44. The summed E-state index contributed by atoms with van der Waals surface area (Å²) < 4.78 is 6.64. The Hall–Kier alpha value is -0.940. The Morgan fingerprint density at radius 2 is 2.13 bits per heavy atom. The Balaban J connectivity index is 2.69. The van der Waals surface area contributed by atoms with Crippen LogP contribution in [-0.2, 0) is 24.1 Å². The molecule has 0 aromatic carbocycles. The van der Waals surface area contributed by atoms with Gasteiger partial charge in [0.05, 0.1) is 19.3 Å². The molecule has 5 heteroatoms. The molecule has 5 nitrogen and oxygen atoms in total. The first-order chi connectivity index (χ1) is 7.21. The Morgan fingerprint density at radius 1 is 1.40 bits per heavy atom. The van der Waals surface area contributed by atoms with Crippen LogP contribution >= 0.6 is 0 Å². The quantitative estimate of drug-likeness (QED) is 0.743. The van der Waals surface area contributed by atoms with E-state index in [0.717, 1.165) is 24.5 Å². The molecule has 0 saturated carbocycles. The van der Waals surface area contributed by atoms with Crippen LogP contribution in [0.3, 0.4) is 0 Å². The summed E-state index contributed by atoms with van der Waals surface area (Å²) in [5.41, 5.74) is 0. The highest BCUT2D eigenvalue weighted by molar-refractivity contribution is 4.92. The van der Waals surface area contributed by atoms with Gasteiger partial charge in [0.15, 0.2) is 5.82 Å². The van der Waals surface area contributed by atoms with Gasteiger partial charge in [0.25, 0.3) is 0 Å². The van der Waals surface area contributed by atoms with Gasteiger partial charge in [0.2, 0.25) is 0 Å². The van der Waals surface area contributed by atoms with Crippen molar-refractivity contribution in [2.45, 2.75) is 39.3 Å². The van der Waals surface area contributed by atoms with Gasteiger partial charge < -0.3 is 9.84 Å². The average Bonchev–Trinajstić information content (AvgIpc) is 2.60. The maximum atomic E-state index is 9.59. The van der Waals surface area contributed by atoms with Crippen LogP contribution in [0.25, 0.3) is 0 Å². The maximum absolute atomic E-state index is 9.59. The molecule has 15 heavy (non-hydrogen) atoms. The van der Waals surface area contributed by atoms with Crippen molar-refractivity contribution in [1.29, 1.82) is 0 Å². The molecule has 1 aromatic heterocycles. The number of rotatable bonds is 6. The van der Waals surface area contributed by atoms with Crippen molar-refractivity contribution in [3.8, 4) is 0 Å². The lowest BCUT2D eigenvalue weighted by Crippen LogP contribution is -2.23. The zero-order valence-corrected chi connectivity index (χ0v) is 9.60. The molecule has 0 bridgehead atoms. The minimum atomic E-state index is -0.522. The number of aromatic nitrogens is 3. The van der Waals surface area contributed by atoms with Crippen LogP contribution in [0.5, 0.6) is 0 Å². The van der Waals surface area contributed by atoms with E-state index >= 15 is 0 Å². The van der Waals surface area contributed by atoms with E-state index in [1.54, 1.807) is 11.8 Å². The lowest BCUT2D eigenvalue weighted by molar-refractivity contribution is 0.0507. The lowest BCUT2D eigenvalue weighted by Gasteiger charge is -2.10. The molecule has 1 atom stereocenters. The molecule has 0 fully saturated rings. The molecule has 1 heterocycles. The summed E-state index contributed by atoms with van der Waals surface area (Å²) in [6.07, 6.45) is 1.12. The third kappa shape index (κ3) is 3.28. The van der Waals surface area contributed by atoms with E-state index in [4.69, 9.17) is 4.74 Å². The first-order valence-corrected chi connectivity index (χ1v) is 5.30. The molecule has 0 aliphatic heterocycles. The van der Waals surface area contributed by atoms with Crippen molar-refractivity contribution in [2.75, 3.05) is 13.7 Å². The molecule has 86 valence electrons. The molecule has 0 aliphatic carbocycles. The summed E-state index contributed by atoms with van der Waals surface area (Å²) in [6, 6.07) is 0. The first-order valence-electron chi connectivity index (χ1n) is 5.30. The van der Waals surface area contributed by atoms with Crippen LogP contribution in [0.15, 0.2) is 0 Å². The third-order valence-electron chi connectivity index (χ3n) is 2.17. The lowest BCUT2D eigenvalue weighted by atomic mass is 10.3. The largest absolute Gasteiger partial charge is 0.389 e. The number of nitrogens with zero attached hydrogens (tertiary/aromatic N) is 3. The minimum Gasteiger partial charge on any atom is -0.389 e. The van der Waals surface area contributed by atoms with Crippen LogP contribution in [0.2, 0.25) is 0 Å². The van der Waals surface area contributed by atoms with E-state index in [2.05, 4.69) is 10.1 Å². The molecule has 0 spiro atoms. The van der Waals surface area contributed by atoms with Gasteiger partial charge in [-0.05, 0) is 0 Å². The molecule has 1 unspecified atom stereocenters. The van der Waals surface area contributed by atoms with Gasteiger partial charge in [-0.2, -0.15) is 5.10 Å². The molecular formula is C10H19N3O2. The molecule has 1 rings (SSSR count). The number of ether oxygens (including phenoxy) is 1.